The van der Waals surface area contributed by atoms with Crippen molar-refractivity contribution in [3.8, 4) is 17.0 Å². The molecule has 0 amide bonds. The molecule has 2 heterocycles. The van der Waals surface area contributed by atoms with E-state index in [1.54, 1.807) is 36.7 Å². The molecule has 0 aliphatic rings. The van der Waals surface area contributed by atoms with Crippen LogP contribution in [0.4, 0.5) is 5.82 Å². The van der Waals surface area contributed by atoms with Gasteiger partial charge in [-0.05, 0) is 47.9 Å². The monoisotopic (exact) mass is 435 g/mol. The van der Waals surface area contributed by atoms with Crippen molar-refractivity contribution in [1.29, 1.82) is 0 Å². The van der Waals surface area contributed by atoms with Gasteiger partial charge in [0, 0.05) is 28.4 Å². The molecule has 0 aliphatic carbocycles. The number of anilines is 1. The fourth-order valence-corrected chi connectivity index (χ4v) is 3.92. The summed E-state index contributed by atoms with van der Waals surface area (Å²) in [6, 6.07) is 14.2. The van der Waals surface area contributed by atoms with Crippen LogP contribution in [0.1, 0.15) is 0 Å². The van der Waals surface area contributed by atoms with Gasteiger partial charge >= 0.3 is 6.73 Å². The van der Waals surface area contributed by atoms with Crippen LogP contribution < -0.4 is 9.46 Å². The highest BCUT2D eigenvalue weighted by atomic mass is 35.5. The van der Waals surface area contributed by atoms with Gasteiger partial charge in [0.2, 0.25) is 0 Å². The van der Waals surface area contributed by atoms with Crippen LogP contribution in [0.5, 0.6) is 5.75 Å². The van der Waals surface area contributed by atoms with Gasteiger partial charge in [0.05, 0.1) is 10.6 Å². The summed E-state index contributed by atoms with van der Waals surface area (Å²) in [7, 11) is -1.49. The summed E-state index contributed by atoms with van der Waals surface area (Å²) in [5.74, 6) is 0.957. The molecule has 7 nitrogen and oxygen atoms in total. The number of nitrogens with one attached hydrogen (secondary N) is 1. The summed E-state index contributed by atoms with van der Waals surface area (Å²) in [6.45, 7) is 6.85. The fourth-order valence-electron chi connectivity index (χ4n) is 2.90. The van der Waals surface area contributed by atoms with Crippen LogP contribution >= 0.6 is 11.6 Å². The van der Waals surface area contributed by atoms with Gasteiger partial charge in [0.25, 0.3) is 0 Å². The van der Waals surface area contributed by atoms with E-state index < -0.39 is 11.0 Å². The maximum atomic E-state index is 12.7. The Labute approximate surface area is 180 Å². The molecule has 0 aliphatic heterocycles. The first-order chi connectivity index (χ1) is 14.7. The zero-order valence-corrected chi connectivity index (χ0v) is 17.0. The average Bonchev–Trinajstić information content (AvgIpc) is 2.77. The summed E-state index contributed by atoms with van der Waals surface area (Å²) in [5, 5.41) is 2.23. The molecule has 4 rings (SSSR count). The molecule has 0 spiro atoms. The molecule has 0 saturated heterocycles. The summed E-state index contributed by atoms with van der Waals surface area (Å²) >= 11 is 6.10. The van der Waals surface area contributed by atoms with E-state index in [9.17, 15) is 4.21 Å². The maximum absolute atomic E-state index is 12.7. The molecular formula is C21H14ClN5O2S. The van der Waals surface area contributed by atoms with Gasteiger partial charge in [-0.25, -0.2) is 20.7 Å². The van der Waals surface area contributed by atoms with Crippen LogP contribution in [-0.2, 0) is 11.0 Å². The number of halogens is 1. The summed E-state index contributed by atoms with van der Waals surface area (Å²) in [4.78, 5) is 16.2. The number of fused-ring (bicyclic) bond motifs is 1. The highest BCUT2D eigenvalue weighted by molar-refractivity contribution is 7.86. The number of benzene rings is 2. The predicted octanol–water partition coefficient (Wildman–Crippen LogP) is 4.74. The molecule has 2 aromatic heterocycles. The Bertz CT molecular complexity index is 1280. The van der Waals surface area contributed by atoms with Crippen molar-refractivity contribution in [1.82, 2.24) is 15.0 Å². The maximum Gasteiger partial charge on any atom is 0.357 e. The van der Waals surface area contributed by atoms with Crippen LogP contribution in [0.3, 0.4) is 0 Å². The predicted molar refractivity (Wildman–Crippen MR) is 116 cm³/mol. The molecule has 9 heteroatoms. The van der Waals surface area contributed by atoms with Crippen LogP contribution in [-0.4, -0.2) is 25.9 Å². The lowest BCUT2D eigenvalue weighted by atomic mass is 10.0. The standard InChI is InChI=1S/C21H14ClN5O2S/c1-23-13-29-19-11-15(22)2-4-18(19)21-17-5-3-16(10-14(17)6-9-25-21)30(28)27-20-7-8-24-12-26-20/h2-12H,13H2,(H,24,26,27). The third kappa shape index (κ3) is 4.22. The SMILES string of the molecule is [C-]#[N+]COc1cc(Cl)ccc1-c1nccc2cc(S(=O)Nc3ccncn3)ccc12. The van der Waals surface area contributed by atoms with E-state index in [1.165, 1.54) is 6.33 Å². The van der Waals surface area contributed by atoms with Gasteiger partial charge < -0.3 is 4.74 Å². The number of aromatic nitrogens is 3. The van der Waals surface area contributed by atoms with Crippen molar-refractivity contribution < 1.29 is 8.95 Å². The largest absolute Gasteiger partial charge is 0.425 e. The molecule has 0 saturated carbocycles. The van der Waals surface area contributed by atoms with Crippen molar-refractivity contribution in [3.63, 3.8) is 0 Å². The molecule has 2 aromatic carbocycles. The average molecular weight is 436 g/mol. The molecule has 0 radical (unpaired) electrons. The van der Waals surface area contributed by atoms with Gasteiger partial charge in [0.15, 0.2) is 11.0 Å². The van der Waals surface area contributed by atoms with Crippen molar-refractivity contribution in [3.05, 3.63) is 83.7 Å². The summed E-state index contributed by atoms with van der Waals surface area (Å²) in [6.07, 6.45) is 4.64. The Morgan fingerprint density at radius 1 is 1.10 bits per heavy atom. The number of rotatable bonds is 6. The van der Waals surface area contributed by atoms with E-state index in [2.05, 4.69) is 24.5 Å². The van der Waals surface area contributed by atoms with Crippen LogP contribution in [0.2, 0.25) is 5.02 Å². The fraction of sp³-hybridized carbons (Fsp3) is 0.0476. The number of nitrogens with zero attached hydrogens (tertiary/aromatic N) is 4. The lowest BCUT2D eigenvalue weighted by Crippen LogP contribution is -2.06. The third-order valence-electron chi connectivity index (χ3n) is 4.21. The molecular weight excluding hydrogens is 422 g/mol. The number of ether oxygens (including phenoxy) is 1. The Morgan fingerprint density at radius 2 is 2.00 bits per heavy atom. The van der Waals surface area contributed by atoms with Crippen molar-refractivity contribution >= 4 is 39.2 Å². The highest BCUT2D eigenvalue weighted by Crippen LogP contribution is 2.35. The minimum Gasteiger partial charge on any atom is -0.425 e. The lowest BCUT2D eigenvalue weighted by Gasteiger charge is -2.12. The second-order valence-corrected chi connectivity index (χ2v) is 7.73. The number of hydrogen-bond acceptors (Lipinski definition) is 5. The minimum absolute atomic E-state index is 0.115. The molecule has 1 atom stereocenters. The number of hydrogen-bond donors (Lipinski definition) is 1. The van der Waals surface area contributed by atoms with E-state index in [4.69, 9.17) is 22.9 Å². The van der Waals surface area contributed by atoms with E-state index in [1.807, 2.05) is 24.3 Å². The van der Waals surface area contributed by atoms with E-state index in [-0.39, 0.29) is 6.73 Å². The van der Waals surface area contributed by atoms with Gasteiger partial charge in [-0.2, -0.15) is 0 Å². The van der Waals surface area contributed by atoms with Crippen LogP contribution in [0, 0.1) is 6.57 Å². The van der Waals surface area contributed by atoms with Crippen molar-refractivity contribution in [2.24, 2.45) is 0 Å². The summed E-state index contributed by atoms with van der Waals surface area (Å²) in [5.41, 5.74) is 1.41. The van der Waals surface area contributed by atoms with Gasteiger partial charge in [-0.1, -0.05) is 17.7 Å². The van der Waals surface area contributed by atoms with E-state index in [0.29, 0.717) is 27.2 Å². The normalized spacial score (nSPS) is 11.6. The number of pyridine rings is 1. The molecule has 4 aromatic rings. The second-order valence-electron chi connectivity index (χ2n) is 6.08. The van der Waals surface area contributed by atoms with Crippen molar-refractivity contribution in [2.45, 2.75) is 4.90 Å². The Hall–Kier alpha value is -3.54. The Morgan fingerprint density at radius 3 is 2.80 bits per heavy atom. The van der Waals surface area contributed by atoms with E-state index >= 15 is 0 Å². The smallest absolute Gasteiger partial charge is 0.357 e. The first-order valence-electron chi connectivity index (χ1n) is 8.75. The third-order valence-corrected chi connectivity index (χ3v) is 5.52. The first kappa shape index (κ1) is 19.8. The Kier molecular flexibility index (Phi) is 5.84. The molecule has 1 unspecified atom stereocenters. The molecule has 148 valence electrons. The molecule has 1 N–H and O–H groups in total. The van der Waals surface area contributed by atoms with Gasteiger partial charge in [-0.15, -0.1) is 0 Å². The zero-order valence-electron chi connectivity index (χ0n) is 15.4. The second kappa shape index (κ2) is 8.86. The highest BCUT2D eigenvalue weighted by Gasteiger charge is 2.14. The molecule has 30 heavy (non-hydrogen) atoms. The van der Waals surface area contributed by atoms with E-state index in [0.717, 1.165) is 16.3 Å². The van der Waals surface area contributed by atoms with Crippen molar-refractivity contribution in [2.75, 3.05) is 11.5 Å². The topological polar surface area (TPSA) is 81.4 Å². The van der Waals surface area contributed by atoms with Gasteiger partial charge in [0.1, 0.15) is 17.9 Å². The van der Waals surface area contributed by atoms with Gasteiger partial charge in [-0.3, -0.25) is 14.6 Å². The molecule has 0 bridgehead atoms. The summed E-state index contributed by atoms with van der Waals surface area (Å²) < 4.78 is 21.1. The van der Waals surface area contributed by atoms with Crippen LogP contribution in [0.15, 0.2) is 72.1 Å². The lowest BCUT2D eigenvalue weighted by molar-refractivity contribution is 0.362. The minimum atomic E-state index is -1.49. The zero-order chi connectivity index (χ0) is 20.9. The Balaban J connectivity index is 1.72. The molecule has 0 fully saturated rings. The first-order valence-corrected chi connectivity index (χ1v) is 10.3. The van der Waals surface area contributed by atoms with Crippen LogP contribution in [0.25, 0.3) is 26.9 Å². The quantitative estimate of drug-likeness (QED) is 0.442.